The van der Waals surface area contributed by atoms with Gasteiger partial charge >= 0.3 is 0 Å². The lowest BCUT2D eigenvalue weighted by atomic mass is 9.86. The summed E-state index contributed by atoms with van der Waals surface area (Å²) in [7, 11) is 2.07. The van der Waals surface area contributed by atoms with Crippen LogP contribution < -0.4 is 10.1 Å². The summed E-state index contributed by atoms with van der Waals surface area (Å²) < 4.78 is 5.83. The summed E-state index contributed by atoms with van der Waals surface area (Å²) in [5, 5.41) is 3.52. The third-order valence-electron chi connectivity index (χ3n) is 4.04. The molecule has 20 heavy (non-hydrogen) atoms. The van der Waals surface area contributed by atoms with Gasteiger partial charge in [-0.05, 0) is 39.3 Å². The first kappa shape index (κ1) is 17.0. The zero-order chi connectivity index (χ0) is 15.0. The van der Waals surface area contributed by atoms with Gasteiger partial charge in [-0.25, -0.2) is 0 Å². The lowest BCUT2D eigenvalue weighted by Gasteiger charge is -2.28. The molecule has 1 rings (SSSR count). The number of ether oxygens (including phenoxy) is 1. The van der Waals surface area contributed by atoms with Crippen molar-refractivity contribution in [1.29, 1.82) is 0 Å². The summed E-state index contributed by atoms with van der Waals surface area (Å²) in [4.78, 5) is 0. The summed E-state index contributed by atoms with van der Waals surface area (Å²) >= 11 is 0. The molecule has 2 heteroatoms. The zero-order valence-electron chi connectivity index (χ0n) is 13.8. The molecule has 0 aliphatic heterocycles. The van der Waals surface area contributed by atoms with Gasteiger partial charge in [-0.1, -0.05) is 50.8 Å². The number of rotatable bonds is 9. The monoisotopic (exact) mass is 277 g/mol. The molecule has 1 aromatic carbocycles. The molecular formula is C18H31NO. The highest BCUT2D eigenvalue weighted by Gasteiger charge is 2.23. The third kappa shape index (κ3) is 4.52. The molecule has 0 bridgehead atoms. The van der Waals surface area contributed by atoms with Crippen LogP contribution in [0.25, 0.3) is 0 Å². The number of hydrogen-bond acceptors (Lipinski definition) is 2. The average Bonchev–Trinajstić information content (AvgIpc) is 2.46. The molecule has 114 valence electrons. The van der Waals surface area contributed by atoms with Gasteiger partial charge in [-0.3, -0.25) is 0 Å². The van der Waals surface area contributed by atoms with E-state index in [1.54, 1.807) is 0 Å². The molecule has 0 saturated carbocycles. The maximum absolute atomic E-state index is 5.83. The summed E-state index contributed by atoms with van der Waals surface area (Å²) in [6, 6.07) is 6.91. The van der Waals surface area contributed by atoms with Crippen LogP contribution in [0.1, 0.15) is 63.6 Å². The van der Waals surface area contributed by atoms with Crippen molar-refractivity contribution in [3.05, 3.63) is 29.3 Å². The van der Waals surface area contributed by atoms with Crippen molar-refractivity contribution in [3.63, 3.8) is 0 Å². The minimum Gasteiger partial charge on any atom is -0.494 e. The Labute approximate surface area is 124 Å². The van der Waals surface area contributed by atoms with Gasteiger partial charge in [0.2, 0.25) is 0 Å². The van der Waals surface area contributed by atoms with Crippen molar-refractivity contribution < 1.29 is 4.74 Å². The quantitative estimate of drug-likeness (QED) is 0.695. The Balaban J connectivity index is 3.05. The molecule has 0 radical (unpaired) electrons. The van der Waals surface area contributed by atoms with Crippen LogP contribution in [0, 0.1) is 12.8 Å². The van der Waals surface area contributed by atoms with Gasteiger partial charge in [0.15, 0.2) is 0 Å². The molecule has 2 unspecified atom stereocenters. The van der Waals surface area contributed by atoms with E-state index in [0.29, 0.717) is 12.0 Å². The van der Waals surface area contributed by atoms with E-state index in [0.717, 1.165) is 12.4 Å². The molecule has 0 spiro atoms. The fourth-order valence-electron chi connectivity index (χ4n) is 2.92. The molecule has 0 amide bonds. The second-order valence-corrected chi connectivity index (χ2v) is 5.55. The number of aryl methyl sites for hydroxylation is 1. The van der Waals surface area contributed by atoms with Crippen molar-refractivity contribution >= 4 is 0 Å². The highest BCUT2D eigenvalue weighted by atomic mass is 16.5. The summed E-state index contributed by atoms with van der Waals surface area (Å²) in [6.45, 7) is 9.48. The molecule has 0 aliphatic rings. The van der Waals surface area contributed by atoms with Gasteiger partial charge in [0.1, 0.15) is 5.75 Å². The number of benzene rings is 1. The second-order valence-electron chi connectivity index (χ2n) is 5.55. The second kappa shape index (κ2) is 9.02. The molecule has 0 saturated heterocycles. The van der Waals surface area contributed by atoms with E-state index in [9.17, 15) is 0 Å². The first-order valence-electron chi connectivity index (χ1n) is 8.08. The Morgan fingerprint density at radius 2 is 1.95 bits per heavy atom. The van der Waals surface area contributed by atoms with Crippen LogP contribution in [0.5, 0.6) is 5.75 Å². The van der Waals surface area contributed by atoms with Crippen LogP contribution in [-0.2, 0) is 0 Å². The highest BCUT2D eigenvalue weighted by Crippen LogP contribution is 2.34. The number of nitrogens with one attached hydrogen (secondary N) is 1. The van der Waals surface area contributed by atoms with Crippen LogP contribution in [0.2, 0.25) is 0 Å². The standard InChI is InChI=1S/C18H31NO/c1-6-9-10-15(7-2)18(19-5)16-13-14(4)11-12-17(16)20-8-3/h11-13,15,18-19H,6-10H2,1-5H3. The van der Waals surface area contributed by atoms with Crippen LogP contribution >= 0.6 is 0 Å². The Kier molecular flexibility index (Phi) is 7.68. The Hall–Kier alpha value is -1.02. The van der Waals surface area contributed by atoms with Crippen molar-refractivity contribution in [3.8, 4) is 5.75 Å². The summed E-state index contributed by atoms with van der Waals surface area (Å²) in [5.41, 5.74) is 2.62. The van der Waals surface area contributed by atoms with Crippen LogP contribution in [0.3, 0.4) is 0 Å². The third-order valence-corrected chi connectivity index (χ3v) is 4.04. The fraction of sp³-hybridized carbons (Fsp3) is 0.667. The number of hydrogen-bond donors (Lipinski definition) is 1. The van der Waals surface area contributed by atoms with Crippen molar-refractivity contribution in [2.75, 3.05) is 13.7 Å². The Morgan fingerprint density at radius 1 is 1.20 bits per heavy atom. The fourth-order valence-corrected chi connectivity index (χ4v) is 2.92. The molecule has 0 aliphatic carbocycles. The predicted molar refractivity (Wildman–Crippen MR) is 87.5 cm³/mol. The first-order valence-corrected chi connectivity index (χ1v) is 8.08. The van der Waals surface area contributed by atoms with Gasteiger partial charge in [0.05, 0.1) is 6.61 Å². The lowest BCUT2D eigenvalue weighted by molar-refractivity contribution is 0.304. The Morgan fingerprint density at radius 3 is 2.50 bits per heavy atom. The molecule has 0 aromatic heterocycles. The molecule has 2 atom stereocenters. The maximum Gasteiger partial charge on any atom is 0.124 e. The van der Waals surface area contributed by atoms with E-state index in [2.05, 4.69) is 51.3 Å². The smallest absolute Gasteiger partial charge is 0.124 e. The van der Waals surface area contributed by atoms with E-state index in [4.69, 9.17) is 4.74 Å². The molecule has 1 N–H and O–H groups in total. The largest absolute Gasteiger partial charge is 0.494 e. The van der Waals surface area contributed by atoms with Crippen LogP contribution in [-0.4, -0.2) is 13.7 Å². The van der Waals surface area contributed by atoms with E-state index in [-0.39, 0.29) is 0 Å². The minimum atomic E-state index is 0.382. The zero-order valence-corrected chi connectivity index (χ0v) is 13.8. The molecule has 1 aromatic rings. The van der Waals surface area contributed by atoms with Gasteiger partial charge in [0.25, 0.3) is 0 Å². The van der Waals surface area contributed by atoms with E-state index >= 15 is 0 Å². The molecule has 0 fully saturated rings. The van der Waals surface area contributed by atoms with Gasteiger partial charge in [-0.2, -0.15) is 0 Å². The SMILES string of the molecule is CCCCC(CC)C(NC)c1cc(C)ccc1OCC. The van der Waals surface area contributed by atoms with E-state index in [1.807, 2.05) is 6.92 Å². The minimum absolute atomic E-state index is 0.382. The molecular weight excluding hydrogens is 246 g/mol. The van der Waals surface area contributed by atoms with Gasteiger partial charge in [-0.15, -0.1) is 0 Å². The normalized spacial score (nSPS) is 14.1. The lowest BCUT2D eigenvalue weighted by Crippen LogP contribution is -2.25. The van der Waals surface area contributed by atoms with Crippen LogP contribution in [0.4, 0.5) is 0 Å². The topological polar surface area (TPSA) is 21.3 Å². The van der Waals surface area contributed by atoms with Crippen molar-refractivity contribution in [2.24, 2.45) is 5.92 Å². The summed E-state index contributed by atoms with van der Waals surface area (Å²) in [5.74, 6) is 1.70. The first-order chi connectivity index (χ1) is 9.67. The van der Waals surface area contributed by atoms with E-state index in [1.165, 1.54) is 36.8 Å². The van der Waals surface area contributed by atoms with E-state index < -0.39 is 0 Å². The summed E-state index contributed by atoms with van der Waals surface area (Å²) in [6.07, 6.45) is 5.04. The molecule has 2 nitrogen and oxygen atoms in total. The highest BCUT2D eigenvalue weighted by molar-refractivity contribution is 5.39. The maximum atomic E-state index is 5.83. The van der Waals surface area contributed by atoms with Crippen molar-refractivity contribution in [1.82, 2.24) is 5.32 Å². The molecule has 0 heterocycles. The average molecular weight is 277 g/mol. The van der Waals surface area contributed by atoms with Crippen LogP contribution in [0.15, 0.2) is 18.2 Å². The van der Waals surface area contributed by atoms with Gasteiger partial charge in [0, 0.05) is 11.6 Å². The van der Waals surface area contributed by atoms with Crippen molar-refractivity contribution in [2.45, 2.75) is 59.4 Å². The predicted octanol–water partition coefficient (Wildman–Crippen LogP) is 4.87. The van der Waals surface area contributed by atoms with Gasteiger partial charge < -0.3 is 10.1 Å². The Bertz CT molecular complexity index is 389. The number of unbranched alkanes of at least 4 members (excludes halogenated alkanes) is 1.